The van der Waals surface area contributed by atoms with Gasteiger partial charge in [-0.25, -0.2) is 13.4 Å². The highest BCUT2D eigenvalue weighted by atomic mass is 32.2. The van der Waals surface area contributed by atoms with Gasteiger partial charge in [0, 0.05) is 19.3 Å². The Hall–Kier alpha value is -3.30. The van der Waals surface area contributed by atoms with Gasteiger partial charge in [-0.05, 0) is 50.5 Å². The molecule has 33 heavy (non-hydrogen) atoms. The molecule has 4 rings (SSSR count). The van der Waals surface area contributed by atoms with Gasteiger partial charge >= 0.3 is 0 Å². The molecule has 1 N–H and O–H groups in total. The number of nitrogens with one attached hydrogen (secondary N) is 1. The van der Waals surface area contributed by atoms with Crippen molar-refractivity contribution in [2.24, 2.45) is 5.92 Å². The summed E-state index contributed by atoms with van der Waals surface area (Å²) in [6.07, 6.45) is 6.18. The number of aromatic nitrogens is 2. The molecule has 1 amide bonds. The van der Waals surface area contributed by atoms with Crippen LogP contribution in [0.2, 0.25) is 0 Å². The van der Waals surface area contributed by atoms with Crippen LogP contribution >= 0.6 is 0 Å². The minimum absolute atomic E-state index is 0.0386. The van der Waals surface area contributed by atoms with E-state index < -0.39 is 15.9 Å². The number of piperidine rings is 1. The molecule has 3 heterocycles. The van der Waals surface area contributed by atoms with Gasteiger partial charge in [0.25, 0.3) is 0 Å². The van der Waals surface area contributed by atoms with Gasteiger partial charge in [-0.1, -0.05) is 47.1 Å². The zero-order valence-electron chi connectivity index (χ0n) is 18.6. The normalized spacial score (nSPS) is 17.3. The van der Waals surface area contributed by atoms with Crippen LogP contribution in [0.1, 0.15) is 35.4 Å². The van der Waals surface area contributed by atoms with Gasteiger partial charge in [-0.2, -0.15) is 4.31 Å². The molecule has 2 aromatic heterocycles. The van der Waals surface area contributed by atoms with Crippen molar-refractivity contribution >= 4 is 33.9 Å². The number of pyridine rings is 1. The van der Waals surface area contributed by atoms with Crippen molar-refractivity contribution in [2.75, 3.05) is 18.4 Å². The van der Waals surface area contributed by atoms with Crippen LogP contribution in [0.4, 0.5) is 5.82 Å². The van der Waals surface area contributed by atoms with Crippen LogP contribution < -0.4 is 5.32 Å². The van der Waals surface area contributed by atoms with Crippen LogP contribution in [0, 0.1) is 19.8 Å². The Bertz CT molecular complexity index is 1250. The molecule has 1 aliphatic heterocycles. The van der Waals surface area contributed by atoms with Gasteiger partial charge < -0.3 is 9.84 Å². The minimum Gasteiger partial charge on any atom is -0.355 e. The zero-order valence-corrected chi connectivity index (χ0v) is 19.4. The minimum atomic E-state index is -3.90. The third kappa shape index (κ3) is 5.20. The lowest BCUT2D eigenvalue weighted by molar-refractivity contribution is -0.120. The van der Waals surface area contributed by atoms with E-state index in [1.165, 1.54) is 4.31 Å². The number of sulfonamides is 1. The van der Waals surface area contributed by atoms with Crippen molar-refractivity contribution in [2.45, 2.75) is 31.6 Å². The van der Waals surface area contributed by atoms with Crippen LogP contribution in [0.25, 0.3) is 12.2 Å². The van der Waals surface area contributed by atoms with Gasteiger partial charge in [0.1, 0.15) is 11.5 Å². The fraction of sp³-hybridized carbons (Fsp3) is 0.292. The third-order valence-electron chi connectivity index (χ3n) is 5.61. The summed E-state index contributed by atoms with van der Waals surface area (Å²) in [5.41, 5.74) is 2.35. The lowest BCUT2D eigenvalue weighted by atomic mass is 9.99. The Morgan fingerprint density at radius 1 is 1.15 bits per heavy atom. The molecule has 0 bridgehead atoms. The first-order valence-electron chi connectivity index (χ1n) is 10.8. The fourth-order valence-electron chi connectivity index (χ4n) is 3.82. The molecule has 1 atom stereocenters. The summed E-state index contributed by atoms with van der Waals surface area (Å²) in [5, 5.41) is 6.66. The van der Waals surface area contributed by atoms with Gasteiger partial charge in [0.05, 0.1) is 5.92 Å². The van der Waals surface area contributed by atoms with Crippen molar-refractivity contribution in [3.63, 3.8) is 0 Å². The fourth-order valence-corrected chi connectivity index (χ4v) is 5.59. The maximum absolute atomic E-state index is 13.5. The number of nitrogens with zero attached hydrogens (tertiary/aromatic N) is 3. The standard InChI is InChI=1S/C24H26N4O4S/c1-17-8-10-19(11-9-17)12-13-21-23(18(2)27-32-21)33(30,31)28-15-5-6-20(16-28)24(29)26-22-7-3-4-14-25-22/h3-4,7-14,20H,5-6,15-16H2,1-2H3,(H,25,26,29). The second kappa shape index (κ2) is 9.68. The van der Waals surface area contributed by atoms with E-state index in [2.05, 4.69) is 15.5 Å². The molecular formula is C24H26N4O4S. The molecule has 8 nitrogen and oxygen atoms in total. The Kier molecular flexibility index (Phi) is 6.71. The lowest BCUT2D eigenvalue weighted by Crippen LogP contribution is -2.44. The van der Waals surface area contributed by atoms with Gasteiger partial charge in [0.15, 0.2) is 10.7 Å². The lowest BCUT2D eigenvalue weighted by Gasteiger charge is -2.31. The molecule has 3 aromatic rings. The first kappa shape index (κ1) is 22.9. The van der Waals surface area contributed by atoms with Crippen LogP contribution in [-0.2, 0) is 14.8 Å². The molecule has 172 valence electrons. The second-order valence-electron chi connectivity index (χ2n) is 8.11. The summed E-state index contributed by atoms with van der Waals surface area (Å²) in [7, 11) is -3.90. The average molecular weight is 467 g/mol. The van der Waals surface area contributed by atoms with E-state index in [0.29, 0.717) is 30.9 Å². The molecular weight excluding hydrogens is 440 g/mol. The molecule has 1 saturated heterocycles. The Morgan fingerprint density at radius 3 is 2.67 bits per heavy atom. The van der Waals surface area contributed by atoms with E-state index in [1.807, 2.05) is 31.2 Å². The molecule has 1 aromatic carbocycles. The largest absolute Gasteiger partial charge is 0.355 e. The van der Waals surface area contributed by atoms with E-state index in [4.69, 9.17) is 4.52 Å². The maximum atomic E-state index is 13.5. The number of amides is 1. The summed E-state index contributed by atoms with van der Waals surface area (Å²) in [5.74, 6) is -0.0913. The van der Waals surface area contributed by atoms with Crippen molar-refractivity contribution < 1.29 is 17.7 Å². The van der Waals surface area contributed by atoms with Crippen LogP contribution in [-0.4, -0.2) is 41.9 Å². The number of hydrogen-bond donors (Lipinski definition) is 1. The van der Waals surface area contributed by atoms with E-state index in [0.717, 1.165) is 11.1 Å². The summed E-state index contributed by atoms with van der Waals surface area (Å²) in [4.78, 5) is 16.9. The van der Waals surface area contributed by atoms with Gasteiger partial charge in [-0.15, -0.1) is 0 Å². The first-order valence-corrected chi connectivity index (χ1v) is 12.2. The maximum Gasteiger partial charge on any atom is 0.248 e. The van der Waals surface area contributed by atoms with E-state index >= 15 is 0 Å². The second-order valence-corrected chi connectivity index (χ2v) is 9.99. The van der Waals surface area contributed by atoms with Crippen molar-refractivity contribution in [1.29, 1.82) is 0 Å². The highest BCUT2D eigenvalue weighted by Crippen LogP contribution is 2.29. The molecule has 1 unspecified atom stereocenters. The quantitative estimate of drug-likeness (QED) is 0.591. The molecule has 1 fully saturated rings. The van der Waals surface area contributed by atoms with E-state index in [1.54, 1.807) is 43.5 Å². The molecule has 0 radical (unpaired) electrons. The number of aryl methyl sites for hydroxylation is 2. The third-order valence-corrected chi connectivity index (χ3v) is 7.63. The Labute approximate surface area is 193 Å². The number of rotatable bonds is 6. The topological polar surface area (TPSA) is 105 Å². The Morgan fingerprint density at radius 2 is 1.94 bits per heavy atom. The number of carbonyl (C=O) groups is 1. The smallest absolute Gasteiger partial charge is 0.248 e. The SMILES string of the molecule is Cc1ccc(C=Cc2onc(C)c2S(=O)(=O)N2CCCC(C(=O)Nc3ccccn3)C2)cc1. The summed E-state index contributed by atoms with van der Waals surface area (Å²) < 4.78 is 33.7. The first-order chi connectivity index (χ1) is 15.8. The highest BCUT2D eigenvalue weighted by Gasteiger charge is 2.37. The van der Waals surface area contributed by atoms with Gasteiger partial charge in [-0.3, -0.25) is 4.79 Å². The zero-order chi connectivity index (χ0) is 23.4. The molecule has 0 saturated carbocycles. The summed E-state index contributed by atoms with van der Waals surface area (Å²) >= 11 is 0. The van der Waals surface area contributed by atoms with Gasteiger partial charge in [0.2, 0.25) is 15.9 Å². The molecule has 1 aliphatic rings. The number of hydrogen-bond acceptors (Lipinski definition) is 6. The molecule has 0 aliphatic carbocycles. The Balaban J connectivity index is 1.53. The average Bonchev–Trinajstić information content (AvgIpc) is 3.20. The molecule has 9 heteroatoms. The van der Waals surface area contributed by atoms with Crippen LogP contribution in [0.15, 0.2) is 58.1 Å². The number of benzene rings is 1. The number of carbonyl (C=O) groups excluding carboxylic acids is 1. The summed E-state index contributed by atoms with van der Waals surface area (Å²) in [6, 6.07) is 13.1. The number of anilines is 1. The monoisotopic (exact) mass is 466 g/mol. The van der Waals surface area contributed by atoms with Crippen molar-refractivity contribution in [3.8, 4) is 0 Å². The van der Waals surface area contributed by atoms with E-state index in [-0.39, 0.29) is 23.1 Å². The van der Waals surface area contributed by atoms with Crippen LogP contribution in [0.3, 0.4) is 0 Å². The predicted octanol–water partition coefficient (Wildman–Crippen LogP) is 3.90. The van der Waals surface area contributed by atoms with E-state index in [9.17, 15) is 13.2 Å². The van der Waals surface area contributed by atoms with Crippen molar-refractivity contribution in [1.82, 2.24) is 14.4 Å². The molecule has 0 spiro atoms. The highest BCUT2D eigenvalue weighted by molar-refractivity contribution is 7.89. The summed E-state index contributed by atoms with van der Waals surface area (Å²) in [6.45, 7) is 4.03. The van der Waals surface area contributed by atoms with Crippen LogP contribution in [0.5, 0.6) is 0 Å². The van der Waals surface area contributed by atoms with Crippen molar-refractivity contribution in [3.05, 3.63) is 71.2 Å². The predicted molar refractivity (Wildman–Crippen MR) is 126 cm³/mol.